The number of hydrogen-bond donors (Lipinski definition) is 3. The quantitative estimate of drug-likeness (QED) is 0.261. The molecule has 0 fully saturated rings. The molecule has 40 heavy (non-hydrogen) atoms. The maximum atomic E-state index is 12.7. The van der Waals surface area contributed by atoms with E-state index in [1.165, 1.54) is 0 Å². The number of carbonyl (C=O) groups is 1. The minimum atomic E-state index is -0.401. The average molecular weight is 542 g/mol. The molecule has 4 rings (SSSR count). The van der Waals surface area contributed by atoms with Gasteiger partial charge in [-0.25, -0.2) is 15.0 Å². The largest absolute Gasteiger partial charge is 0.494 e. The predicted molar refractivity (Wildman–Crippen MR) is 159 cm³/mol. The molecule has 1 amide bonds. The number of benzene rings is 1. The van der Waals surface area contributed by atoms with Crippen molar-refractivity contribution in [2.24, 2.45) is 0 Å². The number of aromatic nitrogens is 4. The molecule has 0 atom stereocenters. The van der Waals surface area contributed by atoms with Crippen molar-refractivity contribution >= 4 is 34.6 Å². The lowest BCUT2D eigenvalue weighted by molar-refractivity contribution is -0.111. The molecule has 0 saturated heterocycles. The number of hydrogen-bond acceptors (Lipinski definition) is 9. The van der Waals surface area contributed by atoms with Gasteiger partial charge in [-0.15, -0.1) is 0 Å². The summed E-state index contributed by atoms with van der Waals surface area (Å²) in [4.78, 5) is 30.3. The van der Waals surface area contributed by atoms with Crippen LogP contribution in [0.15, 0.2) is 48.9 Å². The van der Waals surface area contributed by atoms with Gasteiger partial charge in [-0.05, 0) is 57.7 Å². The molecule has 0 bridgehead atoms. The van der Waals surface area contributed by atoms with E-state index < -0.39 is 5.91 Å². The van der Waals surface area contributed by atoms with E-state index in [2.05, 4.69) is 37.8 Å². The number of imidazole rings is 1. The zero-order valence-corrected chi connectivity index (χ0v) is 23.7. The number of rotatable bonds is 10. The van der Waals surface area contributed by atoms with Crippen molar-refractivity contribution in [1.82, 2.24) is 29.6 Å². The van der Waals surface area contributed by atoms with Crippen molar-refractivity contribution < 1.29 is 9.53 Å². The molecule has 0 saturated carbocycles. The van der Waals surface area contributed by atoms with Crippen LogP contribution in [-0.2, 0) is 4.79 Å². The van der Waals surface area contributed by atoms with E-state index >= 15 is 0 Å². The monoisotopic (exact) mass is 541 g/mol. The van der Waals surface area contributed by atoms with E-state index in [4.69, 9.17) is 9.72 Å². The Morgan fingerprint density at radius 2 is 1.98 bits per heavy atom. The maximum absolute atomic E-state index is 12.7. The number of fused-ring (bicyclic) bond motifs is 1. The van der Waals surface area contributed by atoms with Crippen molar-refractivity contribution in [3.63, 3.8) is 0 Å². The van der Waals surface area contributed by atoms with Crippen LogP contribution in [0.3, 0.4) is 0 Å². The van der Waals surface area contributed by atoms with Crippen LogP contribution in [0, 0.1) is 18.8 Å². The summed E-state index contributed by atoms with van der Waals surface area (Å²) in [6, 6.07) is 9.53. The lowest BCUT2D eigenvalue weighted by Gasteiger charge is -2.24. The minimum absolute atomic E-state index is 0.373. The highest BCUT2D eigenvalue weighted by molar-refractivity contribution is 6.06. The first-order valence-electron chi connectivity index (χ1n) is 12.9. The number of anilines is 4. The normalized spacial score (nSPS) is 10.8. The van der Waals surface area contributed by atoms with Crippen LogP contribution >= 0.6 is 0 Å². The maximum Gasteiger partial charge on any atom is 0.300 e. The van der Waals surface area contributed by atoms with E-state index in [0.29, 0.717) is 41.9 Å². The van der Waals surface area contributed by atoms with E-state index in [9.17, 15) is 4.79 Å². The fraction of sp³-hybridized carbons (Fsp3) is 0.310. The topological polar surface area (TPSA) is 112 Å². The van der Waals surface area contributed by atoms with Gasteiger partial charge < -0.3 is 25.6 Å². The fourth-order valence-electron chi connectivity index (χ4n) is 4.11. The van der Waals surface area contributed by atoms with Crippen molar-refractivity contribution in [3.8, 4) is 29.0 Å². The summed E-state index contributed by atoms with van der Waals surface area (Å²) in [5.74, 6) is 6.07. The molecule has 3 aromatic heterocycles. The molecule has 3 N–H and O–H groups in total. The van der Waals surface area contributed by atoms with Gasteiger partial charge in [0.15, 0.2) is 0 Å². The highest BCUT2D eigenvalue weighted by Gasteiger charge is 2.17. The standard InChI is InChI=1S/C29H35N9O2/c1-20-9-7-15-38-25(19-32-28(20)38)21-11-12-31-29(34-21)35-23-17-22(33-27(39)10-8-14-36(3)4)24(18-26(23)40-6)37(5)16-13-30-2/h7,9,11-12,15,17-19,30H,13-14,16H2,1-6H3,(H,33,39)(H,31,34,35). The Balaban J connectivity index is 1.68. The van der Waals surface area contributed by atoms with Crippen molar-refractivity contribution in [3.05, 3.63) is 54.5 Å². The third-order valence-electron chi connectivity index (χ3n) is 6.17. The Morgan fingerprint density at radius 1 is 1.15 bits per heavy atom. The van der Waals surface area contributed by atoms with Gasteiger partial charge >= 0.3 is 0 Å². The molecule has 0 radical (unpaired) electrons. The molecule has 0 unspecified atom stereocenters. The number of amides is 1. The third-order valence-corrected chi connectivity index (χ3v) is 6.17. The predicted octanol–water partition coefficient (Wildman–Crippen LogP) is 3.01. The van der Waals surface area contributed by atoms with Gasteiger partial charge in [-0.2, -0.15) is 0 Å². The van der Waals surface area contributed by atoms with Crippen LogP contribution in [0.1, 0.15) is 5.56 Å². The zero-order chi connectivity index (χ0) is 28.6. The number of likely N-dealkylation sites (N-methyl/N-ethyl adjacent to an activating group) is 2. The molecule has 208 valence electrons. The van der Waals surface area contributed by atoms with Crippen LogP contribution in [0.5, 0.6) is 5.75 Å². The van der Waals surface area contributed by atoms with Crippen molar-refractivity contribution in [2.45, 2.75) is 6.92 Å². The summed E-state index contributed by atoms with van der Waals surface area (Å²) in [5, 5.41) is 9.35. The van der Waals surface area contributed by atoms with E-state index in [1.807, 2.05) is 85.8 Å². The van der Waals surface area contributed by atoms with Crippen LogP contribution in [0.2, 0.25) is 0 Å². The van der Waals surface area contributed by atoms with Gasteiger partial charge in [0.25, 0.3) is 5.91 Å². The molecule has 11 nitrogen and oxygen atoms in total. The van der Waals surface area contributed by atoms with Crippen molar-refractivity contribution in [1.29, 1.82) is 0 Å². The lowest BCUT2D eigenvalue weighted by atomic mass is 10.2. The first-order chi connectivity index (χ1) is 19.3. The van der Waals surface area contributed by atoms with Crippen LogP contribution in [0.4, 0.5) is 23.0 Å². The first kappa shape index (κ1) is 28.4. The number of nitrogens with zero attached hydrogens (tertiary/aromatic N) is 6. The van der Waals surface area contributed by atoms with Crippen molar-refractivity contribution in [2.75, 3.05) is 70.5 Å². The molecule has 1 aromatic carbocycles. The van der Waals surface area contributed by atoms with Crippen LogP contribution in [-0.4, -0.2) is 85.1 Å². The van der Waals surface area contributed by atoms with E-state index in [-0.39, 0.29) is 0 Å². The van der Waals surface area contributed by atoms with Crippen LogP contribution in [0.25, 0.3) is 17.0 Å². The number of carbonyl (C=O) groups excluding carboxylic acids is 1. The molecule has 0 aliphatic carbocycles. The number of pyridine rings is 1. The Labute approximate surface area is 234 Å². The third kappa shape index (κ3) is 6.66. The smallest absolute Gasteiger partial charge is 0.300 e. The molecule has 0 aliphatic heterocycles. The Hall–Kier alpha value is -4.66. The first-order valence-corrected chi connectivity index (χ1v) is 12.9. The zero-order valence-electron chi connectivity index (χ0n) is 23.7. The molecule has 3 heterocycles. The fourth-order valence-corrected chi connectivity index (χ4v) is 4.11. The van der Waals surface area contributed by atoms with Gasteiger partial charge in [-0.1, -0.05) is 12.0 Å². The lowest BCUT2D eigenvalue weighted by Crippen LogP contribution is -2.28. The molecule has 11 heteroatoms. The number of nitrogens with one attached hydrogen (secondary N) is 3. The summed E-state index contributed by atoms with van der Waals surface area (Å²) >= 11 is 0. The molecule has 0 spiro atoms. The van der Waals surface area contributed by atoms with Gasteiger partial charge in [-0.3, -0.25) is 14.1 Å². The Morgan fingerprint density at radius 3 is 2.73 bits per heavy atom. The summed E-state index contributed by atoms with van der Waals surface area (Å²) in [5.41, 5.74) is 5.47. The number of aryl methyl sites for hydroxylation is 1. The summed E-state index contributed by atoms with van der Waals surface area (Å²) in [6.45, 7) is 3.98. The van der Waals surface area contributed by atoms with Gasteiger partial charge in [0, 0.05) is 38.6 Å². The molecule has 0 aliphatic rings. The van der Waals surface area contributed by atoms with Crippen LogP contribution < -0.4 is 25.6 Å². The Kier molecular flexibility index (Phi) is 9.16. The molecular weight excluding hydrogens is 506 g/mol. The van der Waals surface area contributed by atoms with E-state index in [1.54, 1.807) is 19.5 Å². The SMILES string of the molecule is CNCCN(C)c1cc(OC)c(Nc2nccc(-c3cnc4c(C)cccn34)n2)cc1NC(=O)C#CCN(C)C. The average Bonchev–Trinajstić information content (AvgIpc) is 3.37. The second kappa shape index (κ2) is 12.9. The van der Waals surface area contributed by atoms with Gasteiger partial charge in [0.05, 0.1) is 48.3 Å². The minimum Gasteiger partial charge on any atom is -0.494 e. The number of methoxy groups -OCH3 is 1. The summed E-state index contributed by atoms with van der Waals surface area (Å²) in [7, 11) is 9.25. The Bertz CT molecular complexity index is 1550. The summed E-state index contributed by atoms with van der Waals surface area (Å²) < 4.78 is 7.72. The highest BCUT2D eigenvalue weighted by Crippen LogP contribution is 2.38. The second-order valence-electron chi connectivity index (χ2n) is 9.51. The second-order valence-corrected chi connectivity index (χ2v) is 9.51. The summed E-state index contributed by atoms with van der Waals surface area (Å²) in [6.07, 6.45) is 5.45. The van der Waals surface area contributed by atoms with Gasteiger partial charge in [0.1, 0.15) is 11.4 Å². The van der Waals surface area contributed by atoms with E-state index in [0.717, 1.165) is 29.1 Å². The number of ether oxygens (including phenoxy) is 1. The molecule has 4 aromatic rings. The highest BCUT2D eigenvalue weighted by atomic mass is 16.5. The molecular formula is C29H35N9O2. The van der Waals surface area contributed by atoms with Gasteiger partial charge in [0.2, 0.25) is 5.95 Å².